The summed E-state index contributed by atoms with van der Waals surface area (Å²) in [6, 6.07) is 17.7. The Kier molecular flexibility index (Phi) is 9.66. The van der Waals surface area contributed by atoms with Gasteiger partial charge < -0.3 is 13.9 Å². The van der Waals surface area contributed by atoms with Crippen LogP contribution in [0, 0.1) is 0 Å². The molecule has 3 aromatic rings. The van der Waals surface area contributed by atoms with Crippen molar-refractivity contribution in [1.29, 1.82) is 0 Å². The first-order chi connectivity index (χ1) is 16.6. The lowest BCUT2D eigenvalue weighted by atomic mass is 10.1. The van der Waals surface area contributed by atoms with Crippen LogP contribution in [0.4, 0.5) is 5.69 Å². The van der Waals surface area contributed by atoms with E-state index in [1.54, 1.807) is 18.1 Å². The molecule has 4 rings (SSSR count). The lowest BCUT2D eigenvalue weighted by molar-refractivity contribution is 0.204. The molecule has 0 bridgehead atoms. The summed E-state index contributed by atoms with van der Waals surface area (Å²) in [7, 11) is 0. The average molecular weight is 537 g/mol. The van der Waals surface area contributed by atoms with Crippen LogP contribution < -0.4 is 9.04 Å². The fourth-order valence-electron chi connectivity index (χ4n) is 3.96. The Balaban J connectivity index is 1.48. The molecule has 2 aromatic carbocycles. The lowest BCUT2D eigenvalue weighted by Crippen LogP contribution is -2.31. The third kappa shape index (κ3) is 7.43. The Labute approximate surface area is 221 Å². The summed E-state index contributed by atoms with van der Waals surface area (Å²) in [6.07, 6.45) is 6.55. The highest BCUT2D eigenvalue weighted by molar-refractivity contribution is 8.00. The fraction of sp³-hybridized carbons (Fsp3) is 0.346. The van der Waals surface area contributed by atoms with Gasteiger partial charge in [0.1, 0.15) is 5.75 Å². The number of rotatable bonds is 10. The maximum atomic E-state index is 6.48. The smallest absolute Gasteiger partial charge is 0.153 e. The molecule has 0 unspecified atom stereocenters. The number of ether oxygens (including phenoxy) is 1. The van der Waals surface area contributed by atoms with Crippen molar-refractivity contribution in [1.82, 2.24) is 9.88 Å². The number of hydrogen-bond donors (Lipinski definition) is 0. The van der Waals surface area contributed by atoms with Gasteiger partial charge in [-0.3, -0.25) is 0 Å². The van der Waals surface area contributed by atoms with Crippen molar-refractivity contribution >= 4 is 52.4 Å². The summed E-state index contributed by atoms with van der Waals surface area (Å²) in [5.74, 6) is 0.883. The molecule has 1 saturated heterocycles. The van der Waals surface area contributed by atoms with Crippen LogP contribution in [0.2, 0.25) is 15.2 Å². The number of aromatic nitrogens is 1. The van der Waals surface area contributed by atoms with Crippen LogP contribution in [0.5, 0.6) is 5.75 Å². The van der Waals surface area contributed by atoms with Gasteiger partial charge in [0, 0.05) is 28.2 Å². The Morgan fingerprint density at radius 3 is 2.50 bits per heavy atom. The van der Waals surface area contributed by atoms with Crippen molar-refractivity contribution in [3.63, 3.8) is 0 Å². The summed E-state index contributed by atoms with van der Waals surface area (Å²) >= 11 is 20.4. The maximum Gasteiger partial charge on any atom is 0.153 e. The van der Waals surface area contributed by atoms with Crippen LogP contribution in [0.15, 0.2) is 65.7 Å². The van der Waals surface area contributed by atoms with Crippen LogP contribution in [0.25, 0.3) is 0 Å². The fourth-order valence-corrected chi connectivity index (χ4v) is 5.45. The molecule has 0 spiro atoms. The molecule has 1 aliphatic heterocycles. The molecule has 0 N–H and O–H groups in total. The van der Waals surface area contributed by atoms with Gasteiger partial charge in [-0.15, -0.1) is 0 Å². The van der Waals surface area contributed by atoms with E-state index < -0.39 is 0 Å². The Bertz CT molecular complexity index is 1060. The number of para-hydroxylation sites is 1. The largest absolute Gasteiger partial charge is 0.493 e. The number of piperidine rings is 1. The van der Waals surface area contributed by atoms with Crippen LogP contribution in [-0.4, -0.2) is 36.1 Å². The zero-order valence-corrected chi connectivity index (χ0v) is 22.0. The standard InChI is InChI=1S/C26H28Cl3N3OS/c27-21-9-11-23(12-10-21)34-32(24-17-22(28)18-30-26(24)29)19-20-7-2-3-8-25(20)33-16-6-15-31-13-4-1-5-14-31/h2-3,7-12,17-18H,1,4-6,13-16,19H2. The minimum atomic E-state index is 0.394. The van der Waals surface area contributed by atoms with E-state index in [0.29, 0.717) is 28.4 Å². The number of halogens is 3. The number of pyridine rings is 1. The minimum Gasteiger partial charge on any atom is -0.493 e. The van der Waals surface area contributed by atoms with Gasteiger partial charge in [-0.2, -0.15) is 0 Å². The third-order valence-electron chi connectivity index (χ3n) is 5.70. The first-order valence-corrected chi connectivity index (χ1v) is 13.4. The highest BCUT2D eigenvalue weighted by Gasteiger charge is 2.17. The number of benzene rings is 2. The van der Waals surface area contributed by atoms with Gasteiger partial charge in [0.05, 0.1) is 23.9 Å². The summed E-state index contributed by atoms with van der Waals surface area (Å²) < 4.78 is 8.31. The second-order valence-corrected chi connectivity index (χ2v) is 10.6. The quantitative estimate of drug-likeness (QED) is 0.149. The Morgan fingerprint density at radius 2 is 1.71 bits per heavy atom. The molecule has 2 heterocycles. The zero-order chi connectivity index (χ0) is 23.8. The number of hydrogen-bond acceptors (Lipinski definition) is 5. The molecule has 0 atom stereocenters. The summed E-state index contributed by atoms with van der Waals surface area (Å²) in [6.45, 7) is 4.77. The van der Waals surface area contributed by atoms with Crippen LogP contribution >= 0.6 is 46.8 Å². The van der Waals surface area contributed by atoms with Gasteiger partial charge in [-0.1, -0.05) is 59.4 Å². The molecular weight excluding hydrogens is 509 g/mol. The third-order valence-corrected chi connectivity index (χ3v) is 7.48. The molecule has 1 aromatic heterocycles. The Morgan fingerprint density at radius 1 is 0.941 bits per heavy atom. The molecule has 0 radical (unpaired) electrons. The number of nitrogens with zero attached hydrogens (tertiary/aromatic N) is 3. The Hall–Kier alpha value is -1.63. The van der Waals surface area contributed by atoms with Gasteiger partial charge >= 0.3 is 0 Å². The molecule has 180 valence electrons. The highest BCUT2D eigenvalue weighted by Crippen LogP contribution is 2.37. The second kappa shape index (κ2) is 12.9. The SMILES string of the molecule is Clc1ccc(SN(Cc2ccccc2OCCCN2CCCCC2)c2cc(Cl)cnc2Cl)cc1. The van der Waals surface area contributed by atoms with E-state index in [2.05, 4.69) is 20.3 Å². The van der Waals surface area contributed by atoms with Gasteiger partial charge in [-0.25, -0.2) is 4.98 Å². The average Bonchev–Trinajstić information content (AvgIpc) is 2.86. The minimum absolute atomic E-state index is 0.394. The summed E-state index contributed by atoms with van der Waals surface area (Å²) in [4.78, 5) is 7.81. The maximum absolute atomic E-state index is 6.48. The van der Waals surface area contributed by atoms with E-state index >= 15 is 0 Å². The molecular formula is C26H28Cl3N3OS. The van der Waals surface area contributed by atoms with E-state index in [9.17, 15) is 0 Å². The molecule has 8 heteroatoms. The predicted octanol–water partition coefficient (Wildman–Crippen LogP) is 8.01. The molecule has 4 nitrogen and oxygen atoms in total. The van der Waals surface area contributed by atoms with Crippen molar-refractivity contribution in [3.8, 4) is 5.75 Å². The van der Waals surface area contributed by atoms with Crippen LogP contribution in [0.1, 0.15) is 31.2 Å². The zero-order valence-electron chi connectivity index (χ0n) is 18.9. The van der Waals surface area contributed by atoms with Crippen molar-refractivity contribution in [2.75, 3.05) is 30.5 Å². The van der Waals surface area contributed by atoms with Gasteiger partial charge in [0.2, 0.25) is 0 Å². The number of likely N-dealkylation sites (tertiary alicyclic amines) is 1. The van der Waals surface area contributed by atoms with Crippen molar-refractivity contribution in [2.24, 2.45) is 0 Å². The van der Waals surface area contributed by atoms with Crippen molar-refractivity contribution < 1.29 is 4.74 Å². The van der Waals surface area contributed by atoms with Gasteiger partial charge in [0.25, 0.3) is 0 Å². The molecule has 1 aliphatic rings. The van der Waals surface area contributed by atoms with Crippen LogP contribution in [-0.2, 0) is 6.54 Å². The lowest BCUT2D eigenvalue weighted by Gasteiger charge is -2.26. The topological polar surface area (TPSA) is 28.6 Å². The van der Waals surface area contributed by atoms with E-state index in [1.807, 2.05) is 48.5 Å². The van der Waals surface area contributed by atoms with Crippen molar-refractivity contribution in [3.05, 3.63) is 81.6 Å². The molecule has 0 aliphatic carbocycles. The van der Waals surface area contributed by atoms with Crippen LogP contribution in [0.3, 0.4) is 0 Å². The summed E-state index contributed by atoms with van der Waals surface area (Å²) in [5.41, 5.74) is 1.81. The highest BCUT2D eigenvalue weighted by atomic mass is 35.5. The predicted molar refractivity (Wildman–Crippen MR) is 145 cm³/mol. The van der Waals surface area contributed by atoms with Gasteiger partial charge in [-0.05, 0) is 80.7 Å². The summed E-state index contributed by atoms with van der Waals surface area (Å²) in [5, 5.41) is 1.62. The normalized spacial score (nSPS) is 14.2. The van der Waals surface area contributed by atoms with E-state index in [4.69, 9.17) is 39.5 Å². The van der Waals surface area contributed by atoms with Gasteiger partial charge in [0.15, 0.2) is 5.15 Å². The second-order valence-electron chi connectivity index (χ2n) is 8.26. The molecule has 0 amide bonds. The first-order valence-electron chi connectivity index (χ1n) is 11.5. The molecule has 0 saturated carbocycles. The molecule has 1 fully saturated rings. The number of anilines is 1. The van der Waals surface area contributed by atoms with E-state index in [1.165, 1.54) is 32.4 Å². The van der Waals surface area contributed by atoms with E-state index in [-0.39, 0.29) is 0 Å². The molecule has 34 heavy (non-hydrogen) atoms. The monoisotopic (exact) mass is 535 g/mol. The van der Waals surface area contributed by atoms with E-state index in [0.717, 1.165) is 34.9 Å². The van der Waals surface area contributed by atoms with Crippen molar-refractivity contribution in [2.45, 2.75) is 37.1 Å². The first kappa shape index (κ1) is 25.5.